The first-order valence-corrected chi connectivity index (χ1v) is 10.9. The molecule has 1 aliphatic rings. The van der Waals surface area contributed by atoms with Gasteiger partial charge in [-0.15, -0.1) is 0 Å². The maximum Gasteiger partial charge on any atom is 0.243 e. The Morgan fingerprint density at radius 2 is 1.78 bits per heavy atom. The molecule has 0 radical (unpaired) electrons. The minimum absolute atomic E-state index is 0.106. The third-order valence-electron chi connectivity index (χ3n) is 4.42. The van der Waals surface area contributed by atoms with Gasteiger partial charge < -0.3 is 5.32 Å². The summed E-state index contributed by atoms with van der Waals surface area (Å²) in [6.07, 6.45) is 1.19. The standard InChI is InChI=1S/C18H17Cl3N2O3S/c19-13-6-8-14(9-7-13)27(25,26)23-10-2-3-12(11-23)18(24)22-16-5-1-4-15(20)17(16)21/h1,4-9,12H,2-3,10-11H2,(H,22,24)/t12-/m0/s1. The van der Waals surface area contributed by atoms with Crippen molar-refractivity contribution in [3.63, 3.8) is 0 Å². The second-order valence-corrected chi connectivity index (χ2v) is 9.41. The third-order valence-corrected chi connectivity index (χ3v) is 7.37. The maximum atomic E-state index is 12.8. The molecular weight excluding hydrogens is 431 g/mol. The predicted octanol–water partition coefficient (Wildman–Crippen LogP) is 4.69. The van der Waals surface area contributed by atoms with Crippen LogP contribution in [0.2, 0.25) is 15.1 Å². The zero-order valence-corrected chi connectivity index (χ0v) is 17.2. The molecule has 27 heavy (non-hydrogen) atoms. The van der Waals surface area contributed by atoms with Gasteiger partial charge >= 0.3 is 0 Å². The van der Waals surface area contributed by atoms with Gasteiger partial charge in [0.2, 0.25) is 15.9 Å². The van der Waals surface area contributed by atoms with Crippen molar-refractivity contribution < 1.29 is 13.2 Å². The largest absolute Gasteiger partial charge is 0.324 e. The zero-order valence-electron chi connectivity index (χ0n) is 14.2. The number of anilines is 1. The lowest BCUT2D eigenvalue weighted by atomic mass is 9.99. The first kappa shape index (κ1) is 20.4. The summed E-state index contributed by atoms with van der Waals surface area (Å²) in [6.45, 7) is 0.474. The SMILES string of the molecule is O=C(Nc1cccc(Cl)c1Cl)[C@H]1CCCN(S(=O)(=O)c2ccc(Cl)cc2)C1. The molecule has 3 rings (SSSR count). The van der Waals surface area contributed by atoms with Crippen LogP contribution in [0.25, 0.3) is 0 Å². The van der Waals surface area contributed by atoms with Crippen LogP contribution >= 0.6 is 34.8 Å². The van der Waals surface area contributed by atoms with E-state index in [0.717, 1.165) is 0 Å². The number of benzene rings is 2. The molecule has 1 saturated heterocycles. The Morgan fingerprint density at radius 3 is 2.48 bits per heavy atom. The fourth-order valence-corrected chi connectivity index (χ4v) is 4.96. The Balaban J connectivity index is 1.74. The van der Waals surface area contributed by atoms with Crippen molar-refractivity contribution in [2.24, 2.45) is 5.92 Å². The number of rotatable bonds is 4. The molecule has 1 atom stereocenters. The molecule has 144 valence electrons. The van der Waals surface area contributed by atoms with E-state index in [2.05, 4.69) is 5.32 Å². The Morgan fingerprint density at radius 1 is 1.07 bits per heavy atom. The number of nitrogens with zero attached hydrogens (tertiary/aromatic N) is 1. The molecule has 1 N–H and O–H groups in total. The first-order chi connectivity index (χ1) is 12.8. The number of sulfonamides is 1. The topological polar surface area (TPSA) is 66.5 Å². The lowest BCUT2D eigenvalue weighted by Crippen LogP contribution is -2.43. The highest BCUT2D eigenvalue weighted by atomic mass is 35.5. The molecular formula is C18H17Cl3N2O3S. The van der Waals surface area contributed by atoms with Gasteiger partial charge in [-0.2, -0.15) is 4.31 Å². The Hall–Kier alpha value is -1.31. The Kier molecular flexibility index (Phi) is 6.33. The highest BCUT2D eigenvalue weighted by Gasteiger charge is 2.33. The monoisotopic (exact) mass is 446 g/mol. The second kappa shape index (κ2) is 8.37. The van der Waals surface area contributed by atoms with Gasteiger partial charge in [-0.25, -0.2) is 8.42 Å². The molecule has 1 heterocycles. The maximum absolute atomic E-state index is 12.8. The summed E-state index contributed by atoms with van der Waals surface area (Å²) < 4.78 is 27.0. The molecule has 1 fully saturated rings. The van der Waals surface area contributed by atoms with Gasteiger partial charge in [0.25, 0.3) is 0 Å². The van der Waals surface area contributed by atoms with Crippen molar-refractivity contribution in [3.05, 3.63) is 57.5 Å². The highest BCUT2D eigenvalue weighted by Crippen LogP contribution is 2.31. The Bertz CT molecular complexity index is 949. The average Bonchev–Trinajstić information content (AvgIpc) is 2.66. The summed E-state index contributed by atoms with van der Waals surface area (Å²) in [7, 11) is -3.69. The number of nitrogens with one attached hydrogen (secondary N) is 1. The minimum Gasteiger partial charge on any atom is -0.324 e. The fourth-order valence-electron chi connectivity index (χ4n) is 2.97. The van der Waals surface area contributed by atoms with E-state index in [4.69, 9.17) is 34.8 Å². The summed E-state index contributed by atoms with van der Waals surface area (Å²) in [4.78, 5) is 12.8. The van der Waals surface area contributed by atoms with Crippen molar-refractivity contribution in [1.82, 2.24) is 4.31 Å². The van der Waals surface area contributed by atoms with E-state index in [0.29, 0.717) is 35.1 Å². The lowest BCUT2D eigenvalue weighted by molar-refractivity contribution is -0.120. The number of hydrogen-bond acceptors (Lipinski definition) is 3. The number of amides is 1. The summed E-state index contributed by atoms with van der Waals surface area (Å²) in [6, 6.07) is 11.0. The smallest absolute Gasteiger partial charge is 0.243 e. The quantitative estimate of drug-likeness (QED) is 0.739. The molecule has 1 aliphatic heterocycles. The summed E-state index contributed by atoms with van der Waals surface area (Å²) in [5, 5.41) is 3.80. The molecule has 1 amide bonds. The first-order valence-electron chi connectivity index (χ1n) is 8.29. The molecule has 2 aromatic rings. The molecule has 0 aromatic heterocycles. The van der Waals surface area contributed by atoms with Crippen LogP contribution in [0.3, 0.4) is 0 Å². The van der Waals surface area contributed by atoms with E-state index < -0.39 is 15.9 Å². The predicted molar refractivity (Wildman–Crippen MR) is 108 cm³/mol. The van der Waals surface area contributed by atoms with Gasteiger partial charge in [-0.3, -0.25) is 4.79 Å². The number of hydrogen-bond donors (Lipinski definition) is 1. The van der Waals surface area contributed by atoms with Crippen LogP contribution in [0.5, 0.6) is 0 Å². The molecule has 0 bridgehead atoms. The molecule has 0 unspecified atom stereocenters. The van der Waals surface area contributed by atoms with Gasteiger partial charge in [0.1, 0.15) is 0 Å². The number of carbonyl (C=O) groups is 1. The summed E-state index contributed by atoms with van der Waals surface area (Å²) in [5.41, 5.74) is 0.409. The third kappa shape index (κ3) is 4.58. The number of piperidine rings is 1. The average molecular weight is 448 g/mol. The van der Waals surface area contributed by atoms with E-state index in [1.807, 2.05) is 0 Å². The number of carbonyl (C=O) groups excluding carboxylic acids is 1. The van der Waals surface area contributed by atoms with Crippen molar-refractivity contribution >= 4 is 56.4 Å². The van der Waals surface area contributed by atoms with Gasteiger partial charge in [0.15, 0.2) is 0 Å². The number of halogens is 3. The van der Waals surface area contributed by atoms with Crippen LogP contribution in [-0.2, 0) is 14.8 Å². The minimum atomic E-state index is -3.69. The van der Waals surface area contributed by atoms with E-state index in [1.165, 1.54) is 28.6 Å². The fraction of sp³-hybridized carbons (Fsp3) is 0.278. The van der Waals surface area contributed by atoms with Crippen LogP contribution in [0, 0.1) is 5.92 Å². The molecule has 9 heteroatoms. The van der Waals surface area contributed by atoms with E-state index in [-0.39, 0.29) is 22.4 Å². The molecule has 2 aromatic carbocycles. The molecule has 0 saturated carbocycles. The van der Waals surface area contributed by atoms with E-state index in [9.17, 15) is 13.2 Å². The van der Waals surface area contributed by atoms with Crippen LogP contribution in [0.1, 0.15) is 12.8 Å². The zero-order chi connectivity index (χ0) is 19.6. The van der Waals surface area contributed by atoms with Gasteiger partial charge in [0, 0.05) is 18.1 Å². The van der Waals surface area contributed by atoms with Crippen LogP contribution in [-0.4, -0.2) is 31.7 Å². The summed E-state index contributed by atoms with van der Waals surface area (Å²) in [5.74, 6) is -0.758. The van der Waals surface area contributed by atoms with Gasteiger partial charge in [-0.1, -0.05) is 40.9 Å². The van der Waals surface area contributed by atoms with Crippen molar-refractivity contribution in [3.8, 4) is 0 Å². The highest BCUT2D eigenvalue weighted by molar-refractivity contribution is 7.89. The van der Waals surface area contributed by atoms with Gasteiger partial charge in [0.05, 0.1) is 26.5 Å². The molecule has 5 nitrogen and oxygen atoms in total. The van der Waals surface area contributed by atoms with Crippen LogP contribution in [0.4, 0.5) is 5.69 Å². The normalized spacial score (nSPS) is 18.3. The molecule has 0 aliphatic carbocycles. The van der Waals surface area contributed by atoms with E-state index >= 15 is 0 Å². The Labute approximate surface area is 173 Å². The van der Waals surface area contributed by atoms with Crippen LogP contribution < -0.4 is 5.32 Å². The molecule has 0 spiro atoms. The van der Waals surface area contributed by atoms with Crippen molar-refractivity contribution in [2.45, 2.75) is 17.7 Å². The second-order valence-electron chi connectivity index (χ2n) is 6.25. The lowest BCUT2D eigenvalue weighted by Gasteiger charge is -2.31. The van der Waals surface area contributed by atoms with Crippen LogP contribution in [0.15, 0.2) is 47.4 Å². The van der Waals surface area contributed by atoms with Crippen molar-refractivity contribution in [2.75, 3.05) is 18.4 Å². The van der Waals surface area contributed by atoms with Gasteiger partial charge in [-0.05, 0) is 49.2 Å². The van der Waals surface area contributed by atoms with Crippen molar-refractivity contribution in [1.29, 1.82) is 0 Å². The summed E-state index contributed by atoms with van der Waals surface area (Å²) >= 11 is 17.9. The van der Waals surface area contributed by atoms with E-state index in [1.54, 1.807) is 18.2 Å².